The topological polar surface area (TPSA) is 49.4 Å². The minimum absolute atomic E-state index is 0.0746. The quantitative estimate of drug-likeness (QED) is 0.800. The van der Waals surface area contributed by atoms with Crippen molar-refractivity contribution < 1.29 is 9.59 Å². The molecule has 126 valence electrons. The second kappa shape index (κ2) is 8.11. The maximum atomic E-state index is 12.6. The predicted molar refractivity (Wildman–Crippen MR) is 99.6 cm³/mol. The van der Waals surface area contributed by atoms with Crippen LogP contribution in [-0.4, -0.2) is 22.8 Å². The number of nitrogens with zero attached hydrogens (tertiary/aromatic N) is 1. The second-order valence-corrected chi connectivity index (χ2v) is 6.84. The first-order chi connectivity index (χ1) is 11.4. The number of aryl methyl sites for hydroxylation is 1. The van der Waals surface area contributed by atoms with Gasteiger partial charge in [0.05, 0.1) is 0 Å². The molecule has 0 aromatic heterocycles. The van der Waals surface area contributed by atoms with Crippen LogP contribution < -0.4 is 5.32 Å². The lowest BCUT2D eigenvalue weighted by molar-refractivity contribution is -0.144. The van der Waals surface area contributed by atoms with E-state index < -0.39 is 11.8 Å². The standard InChI is InChI=1S/C19H21BrN2O2/c1-13(2)22(12-15-7-5-4-6-8-15)19(24)18(23)21-17-10-9-16(20)11-14(17)3/h4-11,13H,12H2,1-3H3,(H,21,23). The molecule has 2 aromatic carbocycles. The molecule has 0 spiro atoms. The fourth-order valence-electron chi connectivity index (χ4n) is 2.34. The van der Waals surface area contributed by atoms with Gasteiger partial charge in [0.2, 0.25) is 0 Å². The average molecular weight is 389 g/mol. The maximum absolute atomic E-state index is 12.6. The molecule has 0 aliphatic heterocycles. The predicted octanol–water partition coefficient (Wildman–Crippen LogP) is 4.13. The van der Waals surface area contributed by atoms with Crippen molar-refractivity contribution in [2.75, 3.05) is 5.32 Å². The molecule has 0 aliphatic rings. The molecule has 0 saturated heterocycles. The molecular weight excluding hydrogens is 368 g/mol. The smallest absolute Gasteiger partial charge is 0.313 e. The van der Waals surface area contributed by atoms with Crippen LogP contribution in [0.15, 0.2) is 53.0 Å². The highest BCUT2D eigenvalue weighted by Gasteiger charge is 2.24. The van der Waals surface area contributed by atoms with Crippen molar-refractivity contribution in [1.29, 1.82) is 0 Å². The number of amides is 2. The minimum atomic E-state index is -0.620. The molecular formula is C19H21BrN2O2. The molecule has 5 heteroatoms. The first-order valence-corrected chi connectivity index (χ1v) is 8.60. The molecule has 24 heavy (non-hydrogen) atoms. The fourth-order valence-corrected chi connectivity index (χ4v) is 2.82. The number of halogens is 1. The molecule has 4 nitrogen and oxygen atoms in total. The highest BCUT2D eigenvalue weighted by molar-refractivity contribution is 9.10. The van der Waals surface area contributed by atoms with Crippen LogP contribution in [0, 0.1) is 6.92 Å². The molecule has 1 N–H and O–H groups in total. The highest BCUT2D eigenvalue weighted by atomic mass is 79.9. The summed E-state index contributed by atoms with van der Waals surface area (Å²) in [6.07, 6.45) is 0. The molecule has 0 aliphatic carbocycles. The molecule has 2 amide bonds. The Hall–Kier alpha value is -2.14. The van der Waals surface area contributed by atoms with Gasteiger partial charge in [-0.2, -0.15) is 0 Å². The molecule has 2 aromatic rings. The van der Waals surface area contributed by atoms with Crippen molar-refractivity contribution in [2.24, 2.45) is 0 Å². The van der Waals surface area contributed by atoms with E-state index in [1.54, 1.807) is 11.0 Å². The van der Waals surface area contributed by atoms with Crippen molar-refractivity contribution in [2.45, 2.75) is 33.4 Å². The Kier molecular flexibility index (Phi) is 6.15. The Labute approximate surface area is 151 Å². The number of hydrogen-bond acceptors (Lipinski definition) is 2. The number of rotatable bonds is 4. The Bertz CT molecular complexity index is 729. The molecule has 0 unspecified atom stereocenters. The zero-order valence-electron chi connectivity index (χ0n) is 14.0. The van der Waals surface area contributed by atoms with Crippen LogP contribution in [-0.2, 0) is 16.1 Å². The van der Waals surface area contributed by atoms with Gasteiger partial charge in [-0.15, -0.1) is 0 Å². The van der Waals surface area contributed by atoms with E-state index in [4.69, 9.17) is 0 Å². The van der Waals surface area contributed by atoms with Crippen molar-refractivity contribution in [3.05, 3.63) is 64.1 Å². The van der Waals surface area contributed by atoms with Crippen molar-refractivity contribution >= 4 is 33.4 Å². The first-order valence-electron chi connectivity index (χ1n) is 7.80. The van der Waals surface area contributed by atoms with Gasteiger partial charge in [-0.05, 0) is 50.1 Å². The third kappa shape index (κ3) is 4.68. The van der Waals surface area contributed by atoms with Crippen LogP contribution in [0.4, 0.5) is 5.69 Å². The monoisotopic (exact) mass is 388 g/mol. The van der Waals surface area contributed by atoms with Gasteiger partial charge in [0.1, 0.15) is 0 Å². The van der Waals surface area contributed by atoms with Crippen molar-refractivity contribution in [3.8, 4) is 0 Å². The number of benzene rings is 2. The van der Waals surface area contributed by atoms with E-state index in [1.165, 1.54) is 0 Å². The molecule has 0 saturated carbocycles. The van der Waals surface area contributed by atoms with Crippen LogP contribution in [0.3, 0.4) is 0 Å². The van der Waals surface area contributed by atoms with Gasteiger partial charge in [-0.3, -0.25) is 9.59 Å². The lowest BCUT2D eigenvalue weighted by Gasteiger charge is -2.26. The van der Waals surface area contributed by atoms with E-state index in [2.05, 4.69) is 21.2 Å². The number of nitrogens with one attached hydrogen (secondary N) is 1. The van der Waals surface area contributed by atoms with Crippen molar-refractivity contribution in [1.82, 2.24) is 4.90 Å². The van der Waals surface area contributed by atoms with Gasteiger partial charge in [0.15, 0.2) is 0 Å². The summed E-state index contributed by atoms with van der Waals surface area (Å²) in [6.45, 7) is 6.09. The highest BCUT2D eigenvalue weighted by Crippen LogP contribution is 2.20. The summed E-state index contributed by atoms with van der Waals surface area (Å²) in [7, 11) is 0. The average Bonchev–Trinajstić information content (AvgIpc) is 2.55. The molecule has 0 atom stereocenters. The number of carbonyl (C=O) groups excluding carboxylic acids is 2. The third-order valence-corrected chi connectivity index (χ3v) is 4.20. The SMILES string of the molecule is Cc1cc(Br)ccc1NC(=O)C(=O)N(Cc1ccccc1)C(C)C. The van der Waals surface area contributed by atoms with E-state index >= 15 is 0 Å². The Morgan fingerprint density at radius 3 is 2.38 bits per heavy atom. The third-order valence-electron chi connectivity index (χ3n) is 3.71. The lowest BCUT2D eigenvalue weighted by Crippen LogP contribution is -2.43. The normalized spacial score (nSPS) is 10.5. The van der Waals surface area contributed by atoms with E-state index in [-0.39, 0.29) is 6.04 Å². The first kappa shape index (κ1) is 18.2. The fraction of sp³-hybridized carbons (Fsp3) is 0.263. The Morgan fingerprint density at radius 1 is 1.12 bits per heavy atom. The van der Waals surface area contributed by atoms with Crippen LogP contribution in [0.5, 0.6) is 0 Å². The lowest BCUT2D eigenvalue weighted by atomic mass is 10.1. The van der Waals surface area contributed by atoms with Gasteiger partial charge in [-0.25, -0.2) is 0 Å². The van der Waals surface area contributed by atoms with Crippen LogP contribution >= 0.6 is 15.9 Å². The van der Waals surface area contributed by atoms with Gasteiger partial charge in [0.25, 0.3) is 0 Å². The van der Waals surface area contributed by atoms with E-state index in [0.29, 0.717) is 12.2 Å². The Balaban J connectivity index is 2.12. The summed E-state index contributed by atoms with van der Waals surface area (Å²) in [5, 5.41) is 2.71. The van der Waals surface area contributed by atoms with Gasteiger partial charge in [0, 0.05) is 22.7 Å². The molecule has 0 fully saturated rings. The van der Waals surface area contributed by atoms with E-state index in [9.17, 15) is 9.59 Å². The summed E-state index contributed by atoms with van der Waals surface area (Å²) in [5.41, 5.74) is 2.52. The number of hydrogen-bond donors (Lipinski definition) is 1. The summed E-state index contributed by atoms with van der Waals surface area (Å²) in [6, 6.07) is 15.1. The molecule has 0 bridgehead atoms. The second-order valence-electron chi connectivity index (χ2n) is 5.93. The zero-order valence-corrected chi connectivity index (χ0v) is 15.6. The summed E-state index contributed by atoms with van der Waals surface area (Å²) in [5.74, 6) is -1.15. The molecule has 2 rings (SSSR count). The van der Waals surface area contributed by atoms with Gasteiger partial charge >= 0.3 is 11.8 Å². The van der Waals surface area contributed by atoms with Crippen LogP contribution in [0.1, 0.15) is 25.0 Å². The number of anilines is 1. The Morgan fingerprint density at radius 2 is 1.79 bits per heavy atom. The summed E-state index contributed by atoms with van der Waals surface area (Å²) >= 11 is 3.38. The zero-order chi connectivity index (χ0) is 17.7. The van der Waals surface area contributed by atoms with Crippen LogP contribution in [0.2, 0.25) is 0 Å². The van der Waals surface area contributed by atoms with E-state index in [1.807, 2.05) is 63.2 Å². The molecule has 0 heterocycles. The summed E-state index contributed by atoms with van der Waals surface area (Å²) < 4.78 is 0.928. The van der Waals surface area contributed by atoms with Crippen LogP contribution in [0.25, 0.3) is 0 Å². The minimum Gasteiger partial charge on any atom is -0.328 e. The summed E-state index contributed by atoms with van der Waals surface area (Å²) in [4.78, 5) is 26.5. The van der Waals surface area contributed by atoms with E-state index in [0.717, 1.165) is 15.6 Å². The largest absolute Gasteiger partial charge is 0.328 e. The molecule has 0 radical (unpaired) electrons. The van der Waals surface area contributed by atoms with Gasteiger partial charge < -0.3 is 10.2 Å². The number of carbonyl (C=O) groups is 2. The maximum Gasteiger partial charge on any atom is 0.313 e. The van der Waals surface area contributed by atoms with Gasteiger partial charge in [-0.1, -0.05) is 46.3 Å². The van der Waals surface area contributed by atoms with Crippen molar-refractivity contribution in [3.63, 3.8) is 0 Å².